The molecule has 1 saturated heterocycles. The molecule has 1 amide bonds. The molecule has 4 rings (SSSR count). The van der Waals surface area contributed by atoms with Gasteiger partial charge in [-0.1, -0.05) is 43.4 Å². The molecule has 3 atom stereocenters. The highest BCUT2D eigenvalue weighted by Crippen LogP contribution is 2.28. The van der Waals surface area contributed by atoms with Crippen LogP contribution in [0.2, 0.25) is 0 Å². The van der Waals surface area contributed by atoms with Gasteiger partial charge < -0.3 is 15.2 Å². The molecule has 1 saturated carbocycles. The number of amides is 1. The molecule has 2 aromatic rings. The number of hydrogen-bond donors (Lipinski definition) is 2. The van der Waals surface area contributed by atoms with E-state index in [9.17, 15) is 9.90 Å². The van der Waals surface area contributed by atoms with Crippen molar-refractivity contribution < 1.29 is 16.1 Å². The first-order chi connectivity index (χ1) is 14.2. The van der Waals surface area contributed by atoms with E-state index in [1.807, 2.05) is 10.9 Å². The van der Waals surface area contributed by atoms with Gasteiger partial charge in [0.15, 0.2) is 0 Å². The predicted octanol–water partition coefficient (Wildman–Crippen LogP) is 2.16. The Morgan fingerprint density at radius 2 is 2.21 bits per heavy atom. The third-order valence-electron chi connectivity index (χ3n) is 6.02. The van der Waals surface area contributed by atoms with E-state index >= 15 is 0 Å². The quantitative estimate of drug-likeness (QED) is 0.737. The van der Waals surface area contributed by atoms with Crippen LogP contribution in [0.15, 0.2) is 30.6 Å². The van der Waals surface area contributed by atoms with Crippen LogP contribution in [0.4, 0.5) is 0 Å². The number of carbonyl (C=O) groups excluding carboxylic acids is 1. The van der Waals surface area contributed by atoms with Crippen LogP contribution in [0.3, 0.4) is 0 Å². The normalized spacial score (nSPS) is 23.8. The van der Waals surface area contributed by atoms with Crippen molar-refractivity contribution in [2.45, 2.75) is 63.1 Å². The number of nitrogens with one attached hydrogen (secondary N) is 1. The average molecular weight is 402 g/mol. The number of aliphatic hydroxyl groups is 1. The zero-order valence-corrected chi connectivity index (χ0v) is 16.6. The van der Waals surface area contributed by atoms with Gasteiger partial charge in [-0.3, -0.25) is 9.78 Å². The molecule has 0 radical (unpaired) electrons. The molecule has 0 aromatic carbocycles. The number of rotatable bonds is 7. The summed E-state index contributed by atoms with van der Waals surface area (Å²) in [7, 11) is 0. The topological polar surface area (TPSA) is 102 Å². The summed E-state index contributed by atoms with van der Waals surface area (Å²) in [5.41, 5.74) is 1.37. The van der Waals surface area contributed by atoms with E-state index in [4.69, 9.17) is 4.74 Å². The molecule has 0 bridgehead atoms. The highest BCUT2D eigenvalue weighted by atomic mass is 16.5. The lowest BCUT2D eigenvalue weighted by Crippen LogP contribution is -2.45. The van der Waals surface area contributed by atoms with Gasteiger partial charge in [0.2, 0.25) is 0 Å². The molecule has 29 heavy (non-hydrogen) atoms. The monoisotopic (exact) mass is 401 g/mol. The molecule has 2 aromatic heterocycles. The van der Waals surface area contributed by atoms with Gasteiger partial charge in [0.1, 0.15) is 5.69 Å². The summed E-state index contributed by atoms with van der Waals surface area (Å²) >= 11 is 0. The molecule has 1 aliphatic heterocycles. The Kier molecular flexibility index (Phi) is 6.51. The first-order valence-corrected chi connectivity index (χ1v) is 10.6. The molecule has 2 aliphatic rings. The molecular weight excluding hydrogens is 370 g/mol. The molecular formula is C21H31N5O3. The molecule has 0 unspecified atom stereocenters. The maximum atomic E-state index is 12.3. The maximum absolute atomic E-state index is 12.3. The molecule has 158 valence electrons. The van der Waals surface area contributed by atoms with Crippen molar-refractivity contribution in [3.63, 3.8) is 0 Å². The van der Waals surface area contributed by atoms with E-state index in [2.05, 4.69) is 20.6 Å². The van der Waals surface area contributed by atoms with Gasteiger partial charge in [0.05, 0.1) is 37.1 Å². The van der Waals surface area contributed by atoms with Crippen LogP contribution in [0.5, 0.6) is 0 Å². The van der Waals surface area contributed by atoms with Gasteiger partial charge in [0, 0.05) is 20.2 Å². The summed E-state index contributed by atoms with van der Waals surface area (Å²) in [5, 5.41) is 21.3. The molecule has 8 nitrogen and oxygen atoms in total. The summed E-state index contributed by atoms with van der Waals surface area (Å²) < 4.78 is 7.77. The Labute approximate surface area is 172 Å². The second-order valence-corrected chi connectivity index (χ2v) is 8.14. The lowest BCUT2D eigenvalue weighted by Gasteiger charge is -2.22. The minimum absolute atomic E-state index is 0. The number of pyridine rings is 1. The Bertz CT molecular complexity index is 797. The lowest BCUT2D eigenvalue weighted by atomic mass is 9.86. The van der Waals surface area contributed by atoms with Crippen LogP contribution in [0.25, 0.3) is 0 Å². The van der Waals surface area contributed by atoms with E-state index < -0.39 is 6.04 Å². The van der Waals surface area contributed by atoms with Crippen LogP contribution in [-0.4, -0.2) is 56.4 Å². The van der Waals surface area contributed by atoms with Crippen LogP contribution >= 0.6 is 0 Å². The SMILES string of the molecule is O=C(N[C@@H](CO)[C@@H]1C[C@@H](n2cc(CC3CCCCC3)nn2)CO1)c1ccccn1.[HH]. The van der Waals surface area contributed by atoms with Gasteiger partial charge in [-0.15, -0.1) is 5.10 Å². The van der Waals surface area contributed by atoms with Gasteiger partial charge in [-0.2, -0.15) is 0 Å². The first-order valence-electron chi connectivity index (χ1n) is 10.6. The smallest absolute Gasteiger partial charge is 0.270 e. The Hall–Kier alpha value is -2.32. The van der Waals surface area contributed by atoms with Crippen molar-refractivity contribution in [3.8, 4) is 0 Å². The van der Waals surface area contributed by atoms with E-state index in [1.165, 1.54) is 32.1 Å². The van der Waals surface area contributed by atoms with Crippen LogP contribution in [0, 0.1) is 5.92 Å². The van der Waals surface area contributed by atoms with Crippen molar-refractivity contribution in [2.24, 2.45) is 5.92 Å². The minimum atomic E-state index is -0.486. The predicted molar refractivity (Wildman–Crippen MR) is 108 cm³/mol. The third kappa shape index (κ3) is 5.00. The molecule has 3 heterocycles. The van der Waals surface area contributed by atoms with E-state index in [0.29, 0.717) is 18.7 Å². The zero-order chi connectivity index (χ0) is 20.1. The molecule has 2 N–H and O–H groups in total. The Morgan fingerprint density at radius 1 is 1.34 bits per heavy atom. The maximum Gasteiger partial charge on any atom is 0.270 e. The van der Waals surface area contributed by atoms with Gasteiger partial charge in [-0.05, 0) is 24.5 Å². The fourth-order valence-electron chi connectivity index (χ4n) is 4.37. The van der Waals surface area contributed by atoms with E-state index in [0.717, 1.165) is 18.0 Å². The summed E-state index contributed by atoms with van der Waals surface area (Å²) in [6, 6.07) is 4.73. The molecule has 8 heteroatoms. The van der Waals surface area contributed by atoms with Gasteiger partial charge >= 0.3 is 0 Å². The highest BCUT2D eigenvalue weighted by Gasteiger charge is 2.34. The number of carbonyl (C=O) groups is 1. The number of hydrogen-bond acceptors (Lipinski definition) is 6. The zero-order valence-electron chi connectivity index (χ0n) is 16.6. The van der Waals surface area contributed by atoms with Gasteiger partial charge in [0.25, 0.3) is 5.91 Å². The van der Waals surface area contributed by atoms with Crippen LogP contribution in [0.1, 0.15) is 62.2 Å². The molecule has 0 spiro atoms. The summed E-state index contributed by atoms with van der Waals surface area (Å²) in [5.74, 6) is 0.411. The summed E-state index contributed by atoms with van der Waals surface area (Å²) in [4.78, 5) is 16.4. The average Bonchev–Trinajstić information content (AvgIpc) is 3.43. The van der Waals surface area contributed by atoms with Gasteiger partial charge in [-0.25, -0.2) is 4.68 Å². The molecule has 2 fully saturated rings. The van der Waals surface area contributed by atoms with Crippen molar-refractivity contribution in [1.82, 2.24) is 25.3 Å². The second-order valence-electron chi connectivity index (χ2n) is 8.14. The Balaban J connectivity index is 0.00000256. The lowest BCUT2D eigenvalue weighted by molar-refractivity contribution is 0.0489. The van der Waals surface area contributed by atoms with Crippen molar-refractivity contribution in [1.29, 1.82) is 0 Å². The number of nitrogens with zero attached hydrogens (tertiary/aromatic N) is 4. The van der Waals surface area contributed by atoms with E-state index in [-0.39, 0.29) is 26.1 Å². The van der Waals surface area contributed by atoms with Crippen molar-refractivity contribution >= 4 is 5.91 Å². The Morgan fingerprint density at radius 3 is 2.97 bits per heavy atom. The fraction of sp³-hybridized carbons (Fsp3) is 0.619. The van der Waals surface area contributed by atoms with Crippen molar-refractivity contribution in [2.75, 3.05) is 13.2 Å². The largest absolute Gasteiger partial charge is 0.394 e. The highest BCUT2D eigenvalue weighted by molar-refractivity contribution is 5.92. The number of ether oxygens (including phenoxy) is 1. The number of aliphatic hydroxyl groups excluding tert-OH is 1. The first kappa shape index (κ1) is 20.0. The second kappa shape index (κ2) is 9.45. The van der Waals surface area contributed by atoms with Crippen LogP contribution in [-0.2, 0) is 11.2 Å². The van der Waals surface area contributed by atoms with Crippen LogP contribution < -0.4 is 5.32 Å². The standard InChI is InChI=1S/C21H29N5O3.H2/c27-13-19(23-21(28)18-8-4-5-9-22-18)20-11-17(14-29-20)26-12-16(24-25-26)10-15-6-2-1-3-7-15;/h4-5,8-9,12,15,17,19-20,27H,1-3,6-7,10-11,13-14H2,(H,23,28);1H/t17-,19+,20+;/m1./s1. The minimum Gasteiger partial charge on any atom is -0.394 e. The summed E-state index contributed by atoms with van der Waals surface area (Å²) in [6.07, 6.45) is 11.6. The van der Waals surface area contributed by atoms with Crippen molar-refractivity contribution in [3.05, 3.63) is 42.0 Å². The van der Waals surface area contributed by atoms with E-state index in [1.54, 1.807) is 24.4 Å². The fourth-order valence-corrected chi connectivity index (χ4v) is 4.37. The number of aromatic nitrogens is 4. The summed E-state index contributed by atoms with van der Waals surface area (Å²) in [6.45, 7) is 0.299. The molecule has 1 aliphatic carbocycles. The third-order valence-corrected chi connectivity index (χ3v) is 6.02.